The Morgan fingerprint density at radius 1 is 0.889 bits per heavy atom. The average molecular weight is 263 g/mol. The third-order valence-electron chi connectivity index (χ3n) is 3.54. The quantitative estimate of drug-likeness (QED) is 0.823. The van der Waals surface area contributed by atoms with Crippen molar-refractivity contribution in [2.45, 2.75) is 32.6 Å². The van der Waals surface area contributed by atoms with Crippen LogP contribution < -0.4 is 5.73 Å². The fraction of sp³-hybridized carbons (Fsp3) is 0.538. The molecule has 1 aromatic carbocycles. The highest BCUT2D eigenvalue weighted by atomic mass is 19.4. The van der Waals surface area contributed by atoms with Crippen molar-refractivity contribution >= 4 is 0 Å². The Bertz CT molecular complexity index is 404. The molecular formula is C13H17F4N. The standard InChI is InChI=1S/C13H17F4N/c1-11(2,8-18)12(3,14)9-4-6-10(7-5-9)13(15,16)17/h4-7H,8,18H2,1-3H3. The van der Waals surface area contributed by atoms with Crippen LogP contribution in [0.2, 0.25) is 0 Å². The lowest BCUT2D eigenvalue weighted by atomic mass is 9.73. The highest BCUT2D eigenvalue weighted by Gasteiger charge is 2.42. The van der Waals surface area contributed by atoms with Gasteiger partial charge in [0.05, 0.1) is 5.56 Å². The van der Waals surface area contributed by atoms with Gasteiger partial charge in [-0.15, -0.1) is 0 Å². The van der Waals surface area contributed by atoms with Crippen LogP contribution >= 0.6 is 0 Å². The Labute approximate surface area is 104 Å². The van der Waals surface area contributed by atoms with Crippen molar-refractivity contribution in [2.24, 2.45) is 11.1 Å². The second-order valence-corrected chi connectivity index (χ2v) is 5.17. The normalized spacial score (nSPS) is 16.4. The monoisotopic (exact) mass is 263 g/mol. The third kappa shape index (κ3) is 2.66. The summed E-state index contributed by atoms with van der Waals surface area (Å²) in [5.74, 6) is 0. The lowest BCUT2D eigenvalue weighted by Crippen LogP contribution is -2.41. The summed E-state index contributed by atoms with van der Waals surface area (Å²) in [4.78, 5) is 0. The second kappa shape index (κ2) is 4.53. The van der Waals surface area contributed by atoms with Gasteiger partial charge in [0.1, 0.15) is 5.67 Å². The summed E-state index contributed by atoms with van der Waals surface area (Å²) < 4.78 is 51.9. The van der Waals surface area contributed by atoms with Gasteiger partial charge in [-0.2, -0.15) is 13.2 Å². The van der Waals surface area contributed by atoms with E-state index in [4.69, 9.17) is 5.73 Å². The van der Waals surface area contributed by atoms with Gasteiger partial charge >= 0.3 is 6.18 Å². The van der Waals surface area contributed by atoms with Crippen LogP contribution in [0.5, 0.6) is 0 Å². The van der Waals surface area contributed by atoms with Crippen LogP contribution in [-0.4, -0.2) is 6.54 Å². The molecule has 0 aliphatic heterocycles. The first-order valence-corrected chi connectivity index (χ1v) is 5.59. The highest BCUT2D eigenvalue weighted by molar-refractivity contribution is 5.30. The molecule has 1 nitrogen and oxygen atoms in total. The van der Waals surface area contributed by atoms with E-state index in [9.17, 15) is 17.6 Å². The van der Waals surface area contributed by atoms with E-state index in [1.54, 1.807) is 13.8 Å². The van der Waals surface area contributed by atoms with Gasteiger partial charge in [0.15, 0.2) is 0 Å². The number of alkyl halides is 4. The Kier molecular flexibility index (Phi) is 3.77. The molecule has 5 heteroatoms. The van der Waals surface area contributed by atoms with Crippen LogP contribution in [-0.2, 0) is 11.8 Å². The van der Waals surface area contributed by atoms with Gasteiger partial charge in [-0.25, -0.2) is 4.39 Å². The molecule has 1 aromatic rings. The minimum atomic E-state index is -4.41. The van der Waals surface area contributed by atoms with E-state index in [1.165, 1.54) is 19.1 Å². The van der Waals surface area contributed by atoms with E-state index in [1.807, 2.05) is 0 Å². The van der Waals surface area contributed by atoms with Gasteiger partial charge in [-0.1, -0.05) is 26.0 Å². The van der Waals surface area contributed by atoms with E-state index >= 15 is 0 Å². The van der Waals surface area contributed by atoms with Crippen LogP contribution in [0.3, 0.4) is 0 Å². The van der Waals surface area contributed by atoms with Gasteiger partial charge in [-0.05, 0) is 24.6 Å². The smallest absolute Gasteiger partial charge is 0.330 e. The fourth-order valence-electron chi connectivity index (χ4n) is 1.55. The summed E-state index contributed by atoms with van der Waals surface area (Å²) in [6.07, 6.45) is -4.41. The zero-order chi connectivity index (χ0) is 14.2. The van der Waals surface area contributed by atoms with Gasteiger partial charge in [0.25, 0.3) is 0 Å². The lowest BCUT2D eigenvalue weighted by Gasteiger charge is -2.37. The Hall–Kier alpha value is -1.10. The van der Waals surface area contributed by atoms with Crippen molar-refractivity contribution in [1.29, 1.82) is 0 Å². The summed E-state index contributed by atoms with van der Waals surface area (Å²) in [5.41, 5.74) is 2.28. The van der Waals surface area contributed by atoms with E-state index in [0.29, 0.717) is 0 Å². The number of halogens is 4. The minimum absolute atomic E-state index is 0.0982. The molecule has 1 rings (SSSR count). The van der Waals surface area contributed by atoms with Crippen molar-refractivity contribution in [2.75, 3.05) is 6.54 Å². The van der Waals surface area contributed by atoms with Gasteiger partial charge < -0.3 is 5.73 Å². The molecule has 0 aromatic heterocycles. The van der Waals surface area contributed by atoms with Crippen molar-refractivity contribution in [1.82, 2.24) is 0 Å². The number of nitrogens with two attached hydrogens (primary N) is 1. The van der Waals surface area contributed by atoms with Crippen molar-refractivity contribution < 1.29 is 17.6 Å². The molecule has 0 radical (unpaired) electrons. The average Bonchev–Trinajstić information content (AvgIpc) is 2.27. The summed E-state index contributed by atoms with van der Waals surface area (Å²) >= 11 is 0. The number of rotatable bonds is 3. The highest BCUT2D eigenvalue weighted by Crippen LogP contribution is 2.42. The van der Waals surface area contributed by atoms with Crippen LogP contribution in [0.4, 0.5) is 17.6 Å². The maximum atomic E-state index is 14.7. The predicted molar refractivity (Wildman–Crippen MR) is 62.7 cm³/mol. The molecule has 0 spiro atoms. The molecule has 0 bridgehead atoms. The first-order valence-electron chi connectivity index (χ1n) is 5.59. The van der Waals surface area contributed by atoms with Crippen molar-refractivity contribution in [3.63, 3.8) is 0 Å². The largest absolute Gasteiger partial charge is 0.416 e. The van der Waals surface area contributed by atoms with Gasteiger partial charge in [-0.3, -0.25) is 0 Å². The van der Waals surface area contributed by atoms with Crippen molar-refractivity contribution in [3.05, 3.63) is 35.4 Å². The molecule has 0 aliphatic rings. The topological polar surface area (TPSA) is 26.0 Å². The SMILES string of the molecule is CC(C)(CN)C(C)(F)c1ccc(C(F)(F)F)cc1. The molecule has 1 atom stereocenters. The summed E-state index contributed by atoms with van der Waals surface area (Å²) in [6, 6.07) is 4.11. The molecule has 0 aliphatic carbocycles. The fourth-order valence-corrected chi connectivity index (χ4v) is 1.55. The predicted octanol–water partition coefficient (Wildman–Crippen LogP) is 3.88. The molecule has 102 valence electrons. The van der Waals surface area contributed by atoms with Crippen molar-refractivity contribution in [3.8, 4) is 0 Å². The minimum Gasteiger partial charge on any atom is -0.330 e. The lowest BCUT2D eigenvalue weighted by molar-refractivity contribution is -0.137. The maximum Gasteiger partial charge on any atom is 0.416 e. The number of hydrogen-bond donors (Lipinski definition) is 1. The molecule has 0 fully saturated rings. The zero-order valence-corrected chi connectivity index (χ0v) is 10.6. The van der Waals surface area contributed by atoms with Crippen LogP contribution in [0, 0.1) is 5.41 Å². The zero-order valence-electron chi connectivity index (χ0n) is 10.6. The maximum absolute atomic E-state index is 14.7. The summed E-state index contributed by atoms with van der Waals surface area (Å²) in [6.45, 7) is 4.72. The van der Waals surface area contributed by atoms with E-state index in [-0.39, 0.29) is 12.1 Å². The molecule has 0 heterocycles. The molecule has 0 amide bonds. The molecule has 0 saturated heterocycles. The summed E-state index contributed by atoms with van der Waals surface area (Å²) in [5, 5.41) is 0. The van der Waals surface area contributed by atoms with E-state index in [0.717, 1.165) is 12.1 Å². The Morgan fingerprint density at radius 2 is 1.28 bits per heavy atom. The van der Waals surface area contributed by atoms with Crippen LogP contribution in [0.25, 0.3) is 0 Å². The van der Waals surface area contributed by atoms with Crippen LogP contribution in [0.15, 0.2) is 24.3 Å². The second-order valence-electron chi connectivity index (χ2n) is 5.17. The third-order valence-corrected chi connectivity index (χ3v) is 3.54. The number of benzene rings is 1. The molecule has 2 N–H and O–H groups in total. The Balaban J connectivity index is 3.13. The van der Waals surface area contributed by atoms with Gasteiger partial charge in [0, 0.05) is 12.0 Å². The summed E-state index contributed by atoms with van der Waals surface area (Å²) in [7, 11) is 0. The Morgan fingerprint density at radius 3 is 1.61 bits per heavy atom. The molecule has 0 saturated carbocycles. The molecule has 18 heavy (non-hydrogen) atoms. The van der Waals surface area contributed by atoms with Crippen LogP contribution in [0.1, 0.15) is 31.9 Å². The van der Waals surface area contributed by atoms with E-state index in [2.05, 4.69) is 0 Å². The first-order chi connectivity index (χ1) is 8.02. The van der Waals surface area contributed by atoms with Gasteiger partial charge in [0.2, 0.25) is 0 Å². The van der Waals surface area contributed by atoms with E-state index < -0.39 is 22.8 Å². The molecular weight excluding hydrogens is 246 g/mol. The number of hydrogen-bond acceptors (Lipinski definition) is 1. The molecule has 1 unspecified atom stereocenters. The first kappa shape index (κ1) is 15.0.